The van der Waals surface area contributed by atoms with Crippen LogP contribution in [-0.4, -0.2) is 25.8 Å². The molecular formula is C14H18F3N3. The predicted molar refractivity (Wildman–Crippen MR) is 72.7 cm³/mol. The van der Waals surface area contributed by atoms with Crippen LogP contribution < -0.4 is 15.8 Å². The number of hydrogen-bond acceptors (Lipinski definition) is 3. The topological polar surface area (TPSA) is 32.5 Å². The van der Waals surface area contributed by atoms with E-state index in [1.165, 1.54) is 5.56 Å². The Kier molecular flexibility index (Phi) is 3.28. The van der Waals surface area contributed by atoms with Crippen molar-refractivity contribution in [2.75, 3.05) is 29.5 Å². The van der Waals surface area contributed by atoms with E-state index in [1.807, 2.05) is 17.0 Å². The van der Waals surface area contributed by atoms with Crippen molar-refractivity contribution in [3.8, 4) is 0 Å². The highest BCUT2D eigenvalue weighted by molar-refractivity contribution is 5.64. The van der Waals surface area contributed by atoms with Gasteiger partial charge in [-0.25, -0.2) is 5.84 Å². The molecule has 0 saturated carbocycles. The predicted octanol–water partition coefficient (Wildman–Crippen LogP) is 2.70. The lowest BCUT2D eigenvalue weighted by Gasteiger charge is -2.34. The lowest BCUT2D eigenvalue weighted by atomic mass is 9.95. The highest BCUT2D eigenvalue weighted by Crippen LogP contribution is 2.36. The molecule has 2 aliphatic heterocycles. The Balaban J connectivity index is 1.70. The number of hydrazine groups is 1. The number of fused-ring (bicyclic) bond motifs is 1. The highest BCUT2D eigenvalue weighted by Gasteiger charge is 2.41. The minimum atomic E-state index is -4.05. The molecule has 6 heteroatoms. The van der Waals surface area contributed by atoms with Crippen molar-refractivity contribution in [2.24, 2.45) is 11.8 Å². The molecule has 3 nitrogen and oxygen atoms in total. The standard InChI is InChI=1S/C14H18F3N3/c15-14(16,17)11-4-6-19(7-5-11)12-1-2-13-10(9-12)3-8-20(13)18/h1-2,9,11H,3-8,18H2. The van der Waals surface area contributed by atoms with E-state index in [-0.39, 0.29) is 12.8 Å². The Morgan fingerprint density at radius 1 is 1.10 bits per heavy atom. The number of hydrogen-bond donors (Lipinski definition) is 1. The van der Waals surface area contributed by atoms with Crippen molar-refractivity contribution in [3.05, 3.63) is 23.8 Å². The van der Waals surface area contributed by atoms with Gasteiger partial charge in [-0.3, -0.25) is 0 Å². The minimum Gasteiger partial charge on any atom is -0.371 e. The zero-order valence-corrected chi connectivity index (χ0v) is 11.2. The fraction of sp³-hybridized carbons (Fsp3) is 0.571. The number of benzene rings is 1. The Morgan fingerprint density at radius 2 is 1.80 bits per heavy atom. The largest absolute Gasteiger partial charge is 0.391 e. The van der Waals surface area contributed by atoms with Crippen molar-refractivity contribution in [2.45, 2.75) is 25.4 Å². The number of nitrogens with zero attached hydrogens (tertiary/aromatic N) is 2. The van der Waals surface area contributed by atoms with E-state index in [1.54, 1.807) is 5.01 Å². The first-order valence-corrected chi connectivity index (χ1v) is 6.92. The third kappa shape index (κ3) is 2.44. The average molecular weight is 285 g/mol. The third-order valence-electron chi connectivity index (χ3n) is 4.32. The number of rotatable bonds is 1. The van der Waals surface area contributed by atoms with Gasteiger partial charge in [0, 0.05) is 25.3 Å². The van der Waals surface area contributed by atoms with E-state index in [2.05, 4.69) is 6.07 Å². The van der Waals surface area contributed by atoms with Crippen molar-refractivity contribution in [1.82, 2.24) is 0 Å². The molecule has 0 aromatic heterocycles. The number of halogens is 3. The number of nitrogens with two attached hydrogens (primary N) is 1. The molecular weight excluding hydrogens is 267 g/mol. The summed E-state index contributed by atoms with van der Waals surface area (Å²) in [6, 6.07) is 5.99. The van der Waals surface area contributed by atoms with Gasteiger partial charge in [0.15, 0.2) is 0 Å². The zero-order valence-electron chi connectivity index (χ0n) is 11.2. The maximum absolute atomic E-state index is 12.7. The molecule has 0 radical (unpaired) electrons. The van der Waals surface area contributed by atoms with Crippen molar-refractivity contribution < 1.29 is 13.2 Å². The quantitative estimate of drug-likeness (QED) is 0.805. The minimum absolute atomic E-state index is 0.184. The normalized spacial score (nSPS) is 20.4. The molecule has 0 atom stereocenters. The number of piperidine rings is 1. The van der Waals surface area contributed by atoms with E-state index in [0.29, 0.717) is 13.1 Å². The molecule has 2 aliphatic rings. The molecule has 20 heavy (non-hydrogen) atoms. The molecule has 0 aliphatic carbocycles. The second-order valence-electron chi connectivity index (χ2n) is 5.56. The second kappa shape index (κ2) is 4.84. The van der Waals surface area contributed by atoms with Crippen LogP contribution in [0.1, 0.15) is 18.4 Å². The van der Waals surface area contributed by atoms with E-state index < -0.39 is 12.1 Å². The summed E-state index contributed by atoms with van der Waals surface area (Å²) in [5, 5.41) is 1.72. The van der Waals surface area contributed by atoms with Crippen LogP contribution in [-0.2, 0) is 6.42 Å². The van der Waals surface area contributed by atoms with E-state index in [9.17, 15) is 13.2 Å². The van der Waals surface area contributed by atoms with Crippen LogP contribution in [0.2, 0.25) is 0 Å². The summed E-state index contributed by atoms with van der Waals surface area (Å²) in [5.41, 5.74) is 3.22. The SMILES string of the molecule is NN1CCc2cc(N3CCC(C(F)(F)F)CC3)ccc21. The summed E-state index contributed by atoms with van der Waals surface area (Å²) in [6.45, 7) is 1.74. The van der Waals surface area contributed by atoms with Crippen molar-refractivity contribution in [1.29, 1.82) is 0 Å². The maximum atomic E-state index is 12.7. The van der Waals surface area contributed by atoms with Crippen molar-refractivity contribution >= 4 is 11.4 Å². The molecule has 2 heterocycles. The van der Waals surface area contributed by atoms with Crippen LogP contribution >= 0.6 is 0 Å². The summed E-state index contributed by atoms with van der Waals surface area (Å²) in [7, 11) is 0. The summed E-state index contributed by atoms with van der Waals surface area (Å²) in [5.74, 6) is 4.69. The first kappa shape index (κ1) is 13.5. The zero-order chi connectivity index (χ0) is 14.3. The number of alkyl halides is 3. The Bertz CT molecular complexity index is 493. The van der Waals surface area contributed by atoms with Gasteiger partial charge in [0.05, 0.1) is 11.6 Å². The van der Waals surface area contributed by atoms with Gasteiger partial charge < -0.3 is 9.91 Å². The summed E-state index contributed by atoms with van der Waals surface area (Å²) in [6.07, 6.45) is -2.78. The molecule has 0 amide bonds. The molecule has 1 saturated heterocycles. The molecule has 0 spiro atoms. The maximum Gasteiger partial charge on any atom is 0.391 e. The Morgan fingerprint density at radius 3 is 2.45 bits per heavy atom. The smallest absolute Gasteiger partial charge is 0.371 e. The van der Waals surface area contributed by atoms with Gasteiger partial charge in [0.25, 0.3) is 0 Å². The van der Waals surface area contributed by atoms with Gasteiger partial charge in [-0.1, -0.05) is 0 Å². The van der Waals surface area contributed by atoms with Gasteiger partial charge in [-0.2, -0.15) is 13.2 Å². The van der Waals surface area contributed by atoms with E-state index in [4.69, 9.17) is 5.84 Å². The van der Waals surface area contributed by atoms with Gasteiger partial charge in [-0.05, 0) is 43.0 Å². The van der Waals surface area contributed by atoms with Crippen LogP contribution in [0, 0.1) is 5.92 Å². The third-order valence-corrected chi connectivity index (χ3v) is 4.32. The van der Waals surface area contributed by atoms with Gasteiger partial charge in [0.1, 0.15) is 0 Å². The average Bonchev–Trinajstić information content (AvgIpc) is 2.79. The lowest BCUT2D eigenvalue weighted by molar-refractivity contribution is -0.179. The van der Waals surface area contributed by atoms with Crippen LogP contribution in [0.5, 0.6) is 0 Å². The molecule has 1 aromatic rings. The Hall–Kier alpha value is -1.43. The van der Waals surface area contributed by atoms with Crippen LogP contribution in [0.25, 0.3) is 0 Å². The van der Waals surface area contributed by atoms with Gasteiger partial charge in [0.2, 0.25) is 0 Å². The Labute approximate surface area is 116 Å². The molecule has 0 unspecified atom stereocenters. The molecule has 110 valence electrons. The first-order chi connectivity index (χ1) is 9.45. The molecule has 0 bridgehead atoms. The molecule has 1 fully saturated rings. The highest BCUT2D eigenvalue weighted by atomic mass is 19.4. The second-order valence-corrected chi connectivity index (χ2v) is 5.56. The molecule has 1 aromatic carbocycles. The van der Waals surface area contributed by atoms with Gasteiger partial charge in [-0.15, -0.1) is 0 Å². The first-order valence-electron chi connectivity index (χ1n) is 6.92. The lowest BCUT2D eigenvalue weighted by Crippen LogP contribution is -2.39. The van der Waals surface area contributed by atoms with Crippen LogP contribution in [0.15, 0.2) is 18.2 Å². The fourth-order valence-corrected chi connectivity index (χ4v) is 3.08. The summed E-state index contributed by atoms with van der Waals surface area (Å²) in [4.78, 5) is 2.04. The van der Waals surface area contributed by atoms with Crippen molar-refractivity contribution in [3.63, 3.8) is 0 Å². The van der Waals surface area contributed by atoms with Crippen LogP contribution in [0.3, 0.4) is 0 Å². The summed E-state index contributed by atoms with van der Waals surface area (Å²) >= 11 is 0. The molecule has 3 rings (SSSR count). The van der Waals surface area contributed by atoms with Gasteiger partial charge >= 0.3 is 6.18 Å². The van der Waals surface area contributed by atoms with E-state index >= 15 is 0 Å². The number of anilines is 2. The monoisotopic (exact) mass is 285 g/mol. The van der Waals surface area contributed by atoms with E-state index in [0.717, 1.165) is 24.3 Å². The summed E-state index contributed by atoms with van der Waals surface area (Å²) < 4.78 is 38.0. The fourth-order valence-electron chi connectivity index (χ4n) is 3.08. The van der Waals surface area contributed by atoms with Crippen LogP contribution in [0.4, 0.5) is 24.5 Å². The molecule has 2 N–H and O–H groups in total.